The number of likely N-dealkylation sites (N-methyl/N-ethyl adjacent to an activating group) is 1. The lowest BCUT2D eigenvalue weighted by molar-refractivity contribution is -0.140. The number of amides is 2. The van der Waals surface area contributed by atoms with E-state index >= 15 is 0 Å². The number of rotatable bonds is 6. The van der Waals surface area contributed by atoms with Crippen molar-refractivity contribution in [2.24, 2.45) is 0 Å². The van der Waals surface area contributed by atoms with Gasteiger partial charge in [0.2, 0.25) is 5.91 Å². The first-order chi connectivity index (χ1) is 10.5. The molecular formula is C16H19N3O3. The second kappa shape index (κ2) is 6.94. The van der Waals surface area contributed by atoms with Gasteiger partial charge in [-0.25, -0.2) is 0 Å². The lowest BCUT2D eigenvalue weighted by atomic mass is 10.2. The van der Waals surface area contributed by atoms with Crippen LogP contribution in [0.25, 0.3) is 0 Å². The Kier molecular flexibility index (Phi) is 4.99. The molecule has 22 heavy (non-hydrogen) atoms. The van der Waals surface area contributed by atoms with E-state index in [1.165, 1.54) is 4.90 Å². The van der Waals surface area contributed by atoms with Gasteiger partial charge in [-0.1, -0.05) is 0 Å². The lowest BCUT2D eigenvalue weighted by Crippen LogP contribution is -2.44. The first kappa shape index (κ1) is 15.8. The molecule has 116 valence electrons. The van der Waals surface area contributed by atoms with E-state index in [-0.39, 0.29) is 24.4 Å². The summed E-state index contributed by atoms with van der Waals surface area (Å²) < 4.78 is 5.54. The minimum atomic E-state index is -0.702. The molecule has 2 amide bonds. The average molecular weight is 301 g/mol. The summed E-state index contributed by atoms with van der Waals surface area (Å²) in [6.45, 7) is 1.66. The predicted molar refractivity (Wildman–Crippen MR) is 80.0 cm³/mol. The highest BCUT2D eigenvalue weighted by Crippen LogP contribution is 2.18. The van der Waals surface area contributed by atoms with Gasteiger partial charge in [-0.3, -0.25) is 9.59 Å². The third-order valence-corrected chi connectivity index (χ3v) is 3.34. The molecule has 1 aliphatic rings. The van der Waals surface area contributed by atoms with Gasteiger partial charge in [0.05, 0.1) is 18.2 Å². The van der Waals surface area contributed by atoms with Crippen LogP contribution in [0.1, 0.15) is 25.3 Å². The number of benzene rings is 1. The summed E-state index contributed by atoms with van der Waals surface area (Å²) in [6, 6.07) is 8.83. The standard InChI is InChI=1S/C16H19N3O3/c1-11(22-14-7-3-12(9-17)4-8-14)16(21)19(2)10-15(20)18-13-5-6-13/h3-4,7-8,11,13H,5-6,10H2,1-2H3,(H,18,20)/t11-/m1/s1. The molecule has 6 nitrogen and oxygen atoms in total. The third kappa shape index (κ3) is 4.48. The predicted octanol–water partition coefficient (Wildman–Crippen LogP) is 1.06. The van der Waals surface area contributed by atoms with E-state index in [0.29, 0.717) is 11.3 Å². The van der Waals surface area contributed by atoms with Crippen LogP contribution in [0.3, 0.4) is 0 Å². The Morgan fingerprint density at radius 1 is 1.41 bits per heavy atom. The van der Waals surface area contributed by atoms with Crippen LogP contribution in [0.5, 0.6) is 5.75 Å². The largest absolute Gasteiger partial charge is 0.481 e. The molecular weight excluding hydrogens is 282 g/mol. The van der Waals surface area contributed by atoms with E-state index in [2.05, 4.69) is 5.32 Å². The van der Waals surface area contributed by atoms with E-state index < -0.39 is 6.10 Å². The SMILES string of the molecule is C[C@@H](Oc1ccc(C#N)cc1)C(=O)N(C)CC(=O)NC1CC1. The molecule has 0 bridgehead atoms. The molecule has 1 saturated carbocycles. The van der Waals surface area contributed by atoms with Gasteiger partial charge in [0.25, 0.3) is 5.91 Å². The van der Waals surface area contributed by atoms with Crippen LogP contribution < -0.4 is 10.1 Å². The highest BCUT2D eigenvalue weighted by atomic mass is 16.5. The van der Waals surface area contributed by atoms with Gasteiger partial charge in [0.1, 0.15) is 5.75 Å². The number of hydrogen-bond donors (Lipinski definition) is 1. The van der Waals surface area contributed by atoms with Crippen LogP contribution in [0.4, 0.5) is 0 Å². The first-order valence-corrected chi connectivity index (χ1v) is 7.20. The topological polar surface area (TPSA) is 82.4 Å². The van der Waals surface area contributed by atoms with Crippen molar-refractivity contribution in [3.8, 4) is 11.8 Å². The molecule has 1 fully saturated rings. The van der Waals surface area contributed by atoms with Gasteiger partial charge in [-0.15, -0.1) is 0 Å². The molecule has 0 spiro atoms. The Morgan fingerprint density at radius 3 is 2.59 bits per heavy atom. The third-order valence-electron chi connectivity index (χ3n) is 3.34. The molecule has 0 heterocycles. The number of nitrogens with zero attached hydrogens (tertiary/aromatic N) is 2. The van der Waals surface area contributed by atoms with Gasteiger partial charge in [0.15, 0.2) is 6.10 Å². The maximum atomic E-state index is 12.2. The van der Waals surface area contributed by atoms with Crippen LogP contribution >= 0.6 is 0 Å². The molecule has 1 atom stereocenters. The van der Waals surface area contributed by atoms with Gasteiger partial charge in [0, 0.05) is 13.1 Å². The highest BCUT2D eigenvalue weighted by molar-refractivity contribution is 5.87. The molecule has 1 N–H and O–H groups in total. The van der Waals surface area contributed by atoms with Crippen LogP contribution in [0.2, 0.25) is 0 Å². The number of ether oxygens (including phenoxy) is 1. The van der Waals surface area contributed by atoms with Crippen LogP contribution in [-0.2, 0) is 9.59 Å². The molecule has 2 rings (SSSR count). The molecule has 0 unspecified atom stereocenters. The molecule has 0 aromatic heterocycles. The fourth-order valence-corrected chi connectivity index (χ4v) is 1.97. The van der Waals surface area contributed by atoms with Gasteiger partial charge in [-0.05, 0) is 44.0 Å². The Bertz CT molecular complexity index is 588. The normalized spacial score (nSPS) is 14.6. The molecule has 6 heteroatoms. The minimum Gasteiger partial charge on any atom is -0.481 e. The van der Waals surface area contributed by atoms with Crippen molar-refractivity contribution in [2.45, 2.75) is 31.9 Å². The number of carbonyl (C=O) groups is 2. The Morgan fingerprint density at radius 2 is 2.05 bits per heavy atom. The second-order valence-corrected chi connectivity index (χ2v) is 5.43. The Labute approximate surface area is 129 Å². The van der Waals surface area contributed by atoms with Crippen LogP contribution in [-0.4, -0.2) is 42.5 Å². The summed E-state index contributed by atoms with van der Waals surface area (Å²) in [5, 5.41) is 11.6. The van der Waals surface area contributed by atoms with Crippen molar-refractivity contribution < 1.29 is 14.3 Å². The molecule has 0 aliphatic heterocycles. The fourth-order valence-electron chi connectivity index (χ4n) is 1.97. The van der Waals surface area contributed by atoms with Crippen molar-refractivity contribution in [1.82, 2.24) is 10.2 Å². The fraction of sp³-hybridized carbons (Fsp3) is 0.438. The zero-order chi connectivity index (χ0) is 16.1. The first-order valence-electron chi connectivity index (χ1n) is 7.20. The maximum Gasteiger partial charge on any atom is 0.263 e. The molecule has 1 aliphatic carbocycles. The summed E-state index contributed by atoms with van der Waals surface area (Å²) in [5.74, 6) is 0.0925. The van der Waals surface area contributed by atoms with Crippen LogP contribution in [0.15, 0.2) is 24.3 Å². The lowest BCUT2D eigenvalue weighted by Gasteiger charge is -2.21. The Hall–Kier alpha value is -2.55. The zero-order valence-electron chi connectivity index (χ0n) is 12.7. The smallest absolute Gasteiger partial charge is 0.263 e. The van der Waals surface area contributed by atoms with Gasteiger partial charge < -0.3 is 15.0 Å². The van der Waals surface area contributed by atoms with E-state index in [9.17, 15) is 9.59 Å². The monoisotopic (exact) mass is 301 g/mol. The molecule has 1 aromatic rings. The zero-order valence-corrected chi connectivity index (χ0v) is 12.7. The van der Waals surface area contributed by atoms with E-state index in [1.807, 2.05) is 6.07 Å². The number of nitriles is 1. The number of nitrogens with one attached hydrogen (secondary N) is 1. The molecule has 0 radical (unpaired) electrons. The van der Waals surface area contributed by atoms with Crippen molar-refractivity contribution in [2.75, 3.05) is 13.6 Å². The quantitative estimate of drug-likeness (QED) is 0.852. The van der Waals surface area contributed by atoms with Crippen molar-refractivity contribution >= 4 is 11.8 Å². The van der Waals surface area contributed by atoms with Gasteiger partial charge >= 0.3 is 0 Å². The van der Waals surface area contributed by atoms with Crippen molar-refractivity contribution in [3.63, 3.8) is 0 Å². The number of carbonyl (C=O) groups excluding carboxylic acids is 2. The van der Waals surface area contributed by atoms with Gasteiger partial charge in [-0.2, -0.15) is 5.26 Å². The summed E-state index contributed by atoms with van der Waals surface area (Å²) in [4.78, 5) is 25.2. The average Bonchev–Trinajstić information content (AvgIpc) is 3.30. The van der Waals surface area contributed by atoms with Crippen LogP contribution in [0, 0.1) is 11.3 Å². The summed E-state index contributed by atoms with van der Waals surface area (Å²) in [5.41, 5.74) is 0.528. The number of hydrogen-bond acceptors (Lipinski definition) is 4. The summed E-state index contributed by atoms with van der Waals surface area (Å²) in [7, 11) is 1.58. The summed E-state index contributed by atoms with van der Waals surface area (Å²) in [6.07, 6.45) is 1.33. The van der Waals surface area contributed by atoms with E-state index in [1.54, 1.807) is 38.2 Å². The Balaban J connectivity index is 1.84. The van der Waals surface area contributed by atoms with Crippen molar-refractivity contribution in [3.05, 3.63) is 29.8 Å². The second-order valence-electron chi connectivity index (χ2n) is 5.43. The maximum absolute atomic E-state index is 12.2. The highest BCUT2D eigenvalue weighted by Gasteiger charge is 2.26. The van der Waals surface area contributed by atoms with E-state index in [4.69, 9.17) is 10.00 Å². The summed E-state index contributed by atoms with van der Waals surface area (Å²) >= 11 is 0. The van der Waals surface area contributed by atoms with Crippen molar-refractivity contribution in [1.29, 1.82) is 5.26 Å². The van der Waals surface area contributed by atoms with E-state index in [0.717, 1.165) is 12.8 Å². The minimum absolute atomic E-state index is 0.0242. The molecule has 0 saturated heterocycles. The molecule has 1 aromatic carbocycles.